The molecule has 0 saturated carbocycles. The summed E-state index contributed by atoms with van der Waals surface area (Å²) in [5.41, 5.74) is 2.01. The van der Waals surface area contributed by atoms with Gasteiger partial charge < -0.3 is 15.1 Å². The second kappa shape index (κ2) is 8.68. The second-order valence-corrected chi connectivity index (χ2v) is 7.34. The summed E-state index contributed by atoms with van der Waals surface area (Å²) >= 11 is 0. The number of hydrogen-bond acceptors (Lipinski definition) is 3. The molecule has 0 fully saturated rings. The Hall–Kier alpha value is -2.08. The fraction of sp³-hybridized carbons (Fsp3) is 0.389. The minimum Gasteiger partial charge on any atom is -0.466 e. The lowest BCUT2D eigenvalue weighted by atomic mass is 10.1. The number of carbonyl (C=O) groups excluding carboxylic acids is 1. The van der Waals surface area contributed by atoms with E-state index in [0.717, 1.165) is 22.6 Å². The largest absolute Gasteiger partial charge is 0.466 e. The molecule has 2 amide bonds. The van der Waals surface area contributed by atoms with Crippen LogP contribution >= 0.6 is 0 Å². The van der Waals surface area contributed by atoms with Gasteiger partial charge in [-0.25, -0.2) is 4.79 Å². The maximum absolute atomic E-state index is 12.0. The van der Waals surface area contributed by atoms with Gasteiger partial charge in [-0.1, -0.05) is 30.3 Å². The average Bonchev–Trinajstić information content (AvgIpc) is 2.87. The van der Waals surface area contributed by atoms with Gasteiger partial charge in [-0.3, -0.25) is 4.21 Å². The van der Waals surface area contributed by atoms with Gasteiger partial charge in [0.05, 0.1) is 6.04 Å². The van der Waals surface area contributed by atoms with Crippen molar-refractivity contribution in [3.05, 3.63) is 59.0 Å². The summed E-state index contributed by atoms with van der Waals surface area (Å²) in [7, 11) is -0.994. The molecule has 6 heteroatoms. The Morgan fingerprint density at radius 2 is 1.96 bits per heavy atom. The molecule has 0 aliphatic heterocycles. The second-order valence-electron chi connectivity index (χ2n) is 5.76. The summed E-state index contributed by atoms with van der Waals surface area (Å²) in [6, 6.07) is 11.2. The van der Waals surface area contributed by atoms with Gasteiger partial charge in [0.1, 0.15) is 11.5 Å². The van der Waals surface area contributed by atoms with E-state index < -0.39 is 10.8 Å². The Balaban J connectivity index is 1.71. The van der Waals surface area contributed by atoms with E-state index >= 15 is 0 Å². The Morgan fingerprint density at radius 1 is 1.25 bits per heavy atom. The minimum atomic E-state index is -0.994. The van der Waals surface area contributed by atoms with Gasteiger partial charge >= 0.3 is 6.03 Å². The Morgan fingerprint density at radius 3 is 2.58 bits per heavy atom. The van der Waals surface area contributed by atoms with E-state index in [2.05, 4.69) is 10.6 Å². The van der Waals surface area contributed by atoms with Crippen molar-refractivity contribution >= 4 is 16.8 Å². The smallest absolute Gasteiger partial charge is 0.315 e. The zero-order chi connectivity index (χ0) is 17.5. The molecule has 0 aliphatic rings. The van der Waals surface area contributed by atoms with Crippen LogP contribution in [0.2, 0.25) is 0 Å². The van der Waals surface area contributed by atoms with Gasteiger partial charge in [-0.05, 0) is 32.4 Å². The molecule has 1 aromatic carbocycles. The number of benzene rings is 1. The number of urea groups is 1. The van der Waals surface area contributed by atoms with Crippen molar-refractivity contribution in [2.45, 2.75) is 32.6 Å². The molecule has 130 valence electrons. The van der Waals surface area contributed by atoms with Crippen molar-refractivity contribution in [3.63, 3.8) is 0 Å². The number of hydrogen-bond donors (Lipinski definition) is 2. The summed E-state index contributed by atoms with van der Waals surface area (Å²) in [6.07, 6.45) is 0. The summed E-state index contributed by atoms with van der Waals surface area (Å²) in [5.74, 6) is 2.58. The van der Waals surface area contributed by atoms with E-state index in [9.17, 15) is 9.00 Å². The first-order valence-corrected chi connectivity index (χ1v) is 9.44. The standard InChI is InChI=1S/C18H24N2O3S/c1-13-11-17(15(3)23-13)14(2)20-18(21)19-9-10-24(22)12-16-7-5-4-6-8-16/h4-8,11,14H,9-10,12H2,1-3H3,(H2,19,20,21)/t14-,24-/m1/s1. The molecule has 0 radical (unpaired) electrons. The fourth-order valence-corrected chi connectivity index (χ4v) is 3.55. The quantitative estimate of drug-likeness (QED) is 0.807. The zero-order valence-corrected chi connectivity index (χ0v) is 15.1. The highest BCUT2D eigenvalue weighted by Crippen LogP contribution is 2.20. The summed E-state index contributed by atoms with van der Waals surface area (Å²) in [6.45, 7) is 6.04. The number of rotatable bonds is 7. The monoisotopic (exact) mass is 348 g/mol. The van der Waals surface area contributed by atoms with Crippen LogP contribution in [0, 0.1) is 13.8 Å². The van der Waals surface area contributed by atoms with E-state index in [4.69, 9.17) is 4.42 Å². The van der Waals surface area contributed by atoms with Crippen molar-refractivity contribution in [3.8, 4) is 0 Å². The first-order chi connectivity index (χ1) is 11.5. The van der Waals surface area contributed by atoms with Crippen LogP contribution < -0.4 is 10.6 Å². The topological polar surface area (TPSA) is 71.3 Å². The predicted octanol–water partition coefficient (Wildman–Crippen LogP) is 3.21. The fourth-order valence-electron chi connectivity index (χ4n) is 2.52. The molecule has 2 aromatic rings. The van der Waals surface area contributed by atoms with E-state index in [-0.39, 0.29) is 12.1 Å². The molecular formula is C18H24N2O3S. The van der Waals surface area contributed by atoms with Crippen LogP contribution in [-0.2, 0) is 16.6 Å². The highest BCUT2D eigenvalue weighted by Gasteiger charge is 2.14. The zero-order valence-electron chi connectivity index (χ0n) is 14.3. The molecule has 0 unspecified atom stereocenters. The van der Waals surface area contributed by atoms with Crippen LogP contribution in [0.1, 0.15) is 35.6 Å². The van der Waals surface area contributed by atoms with E-state index in [1.807, 2.05) is 57.2 Å². The third-order valence-electron chi connectivity index (χ3n) is 3.68. The maximum Gasteiger partial charge on any atom is 0.315 e. The van der Waals surface area contributed by atoms with Gasteiger partial charge in [0, 0.05) is 34.4 Å². The number of carbonyl (C=O) groups is 1. The van der Waals surface area contributed by atoms with Crippen LogP contribution in [0.3, 0.4) is 0 Å². The SMILES string of the molecule is Cc1cc([C@@H](C)NC(=O)NCC[S@@](=O)Cc2ccccc2)c(C)o1. The number of furan rings is 1. The van der Waals surface area contributed by atoms with Crippen LogP contribution in [0.5, 0.6) is 0 Å². The Kier molecular flexibility index (Phi) is 6.61. The van der Waals surface area contributed by atoms with Crippen LogP contribution in [0.25, 0.3) is 0 Å². The normalized spacial score (nSPS) is 13.3. The lowest BCUT2D eigenvalue weighted by Crippen LogP contribution is -2.38. The van der Waals surface area contributed by atoms with Gasteiger partial charge in [-0.15, -0.1) is 0 Å². The van der Waals surface area contributed by atoms with Crippen LogP contribution in [-0.4, -0.2) is 22.5 Å². The molecule has 0 spiro atoms. The molecular weight excluding hydrogens is 324 g/mol. The summed E-state index contributed by atoms with van der Waals surface area (Å²) < 4.78 is 17.5. The third kappa shape index (κ3) is 5.53. The Labute approximate surface area is 145 Å². The molecule has 5 nitrogen and oxygen atoms in total. The molecule has 2 atom stereocenters. The van der Waals surface area contributed by atoms with Crippen molar-refractivity contribution in [1.29, 1.82) is 0 Å². The molecule has 24 heavy (non-hydrogen) atoms. The molecule has 2 N–H and O–H groups in total. The molecule has 0 bridgehead atoms. The van der Waals surface area contributed by atoms with Crippen molar-refractivity contribution < 1.29 is 13.4 Å². The van der Waals surface area contributed by atoms with E-state index in [1.165, 1.54) is 0 Å². The number of amides is 2. The van der Waals surface area contributed by atoms with Crippen molar-refractivity contribution in [1.82, 2.24) is 10.6 Å². The van der Waals surface area contributed by atoms with Crippen molar-refractivity contribution in [2.24, 2.45) is 0 Å². The highest BCUT2D eigenvalue weighted by atomic mass is 32.2. The molecule has 1 aromatic heterocycles. The molecule has 1 heterocycles. The molecule has 2 rings (SSSR count). The van der Waals surface area contributed by atoms with Crippen LogP contribution in [0.4, 0.5) is 4.79 Å². The lowest BCUT2D eigenvalue weighted by Gasteiger charge is -2.14. The number of aryl methyl sites for hydroxylation is 2. The van der Waals surface area contributed by atoms with Gasteiger partial charge in [0.25, 0.3) is 0 Å². The lowest BCUT2D eigenvalue weighted by molar-refractivity contribution is 0.238. The Bertz CT molecular complexity index is 698. The van der Waals surface area contributed by atoms with Crippen LogP contribution in [0.15, 0.2) is 40.8 Å². The van der Waals surface area contributed by atoms with Gasteiger partial charge in [-0.2, -0.15) is 0 Å². The number of nitrogens with one attached hydrogen (secondary N) is 2. The first-order valence-electron chi connectivity index (χ1n) is 7.96. The predicted molar refractivity (Wildman–Crippen MR) is 96.3 cm³/mol. The van der Waals surface area contributed by atoms with E-state index in [0.29, 0.717) is 18.1 Å². The average molecular weight is 348 g/mol. The third-order valence-corrected chi connectivity index (χ3v) is 4.99. The van der Waals surface area contributed by atoms with E-state index in [1.54, 1.807) is 0 Å². The molecule has 0 saturated heterocycles. The minimum absolute atomic E-state index is 0.141. The van der Waals surface area contributed by atoms with Gasteiger partial charge in [0.2, 0.25) is 0 Å². The summed E-state index contributed by atoms with van der Waals surface area (Å²) in [5, 5.41) is 5.62. The maximum atomic E-state index is 12.0. The van der Waals surface area contributed by atoms with Crippen molar-refractivity contribution in [2.75, 3.05) is 12.3 Å². The summed E-state index contributed by atoms with van der Waals surface area (Å²) in [4.78, 5) is 11.9. The highest BCUT2D eigenvalue weighted by molar-refractivity contribution is 7.84. The van der Waals surface area contributed by atoms with Gasteiger partial charge in [0.15, 0.2) is 0 Å². The first kappa shape index (κ1) is 18.3. The molecule has 0 aliphatic carbocycles.